The van der Waals surface area contributed by atoms with Gasteiger partial charge in [0.25, 0.3) is 0 Å². The molecule has 0 heterocycles. The standard InChI is InChI=1S/2C10H20O2.C7H14O2.4C7H14O.C6H12O2.4C6H12O.24CH4/c2*1-5-7-8-12-9(11)10(3,4)6-2;1-5-7(2,3)6(8)9-4;4*1-5-7(3,4)6(2)8;1-4-6(2,3)5(7)8;4*1-4-5(2)6(3)7;;;;;;;;;;;;;;;;;;;;;;;;/h2*5-8H2,1-4H3;5H2,1-4H3;4*5H2,1-4H3;4H2,1-3H3,(H,7,8);4*5H,4H2,1-3H3;24*1H4. The van der Waals surface area contributed by atoms with Crippen LogP contribution >= 0.6 is 0 Å². The number of ether oxygens (including phenoxy) is 3. The summed E-state index contributed by atoms with van der Waals surface area (Å²) < 4.78 is 14.8. The fraction of sp³-hybridized carbons (Fsp3) is 0.890. The number of aliphatic carboxylic acids is 1. The summed E-state index contributed by atoms with van der Waals surface area (Å²) >= 11 is 0. The fourth-order valence-corrected chi connectivity index (χ4v) is 4.02. The smallest absolute Gasteiger partial charge is 0.311 e. The Balaban J connectivity index is -0.0000000201. The van der Waals surface area contributed by atoms with Crippen LogP contribution in [0, 0.1) is 67.0 Å². The van der Waals surface area contributed by atoms with Gasteiger partial charge in [0.05, 0.1) is 42.0 Å². The van der Waals surface area contributed by atoms with Gasteiger partial charge >= 0.3 is 23.9 Å². The largest absolute Gasteiger partial charge is 0.481 e. The molecule has 798 valence electrons. The van der Waals surface area contributed by atoms with Gasteiger partial charge in [0.15, 0.2) is 0 Å². The molecule has 16 heteroatoms. The van der Waals surface area contributed by atoms with E-state index in [0.29, 0.717) is 42.8 Å². The molecule has 0 spiro atoms. The molecule has 16 nitrogen and oxygen atoms in total. The Morgan fingerprint density at radius 3 is 0.408 bits per heavy atom. The fourth-order valence-electron chi connectivity index (χ4n) is 4.02. The van der Waals surface area contributed by atoms with E-state index in [-0.39, 0.29) is 281 Å². The van der Waals surface area contributed by atoms with Crippen molar-refractivity contribution in [1.82, 2.24) is 0 Å². The lowest BCUT2D eigenvalue weighted by Crippen LogP contribution is -2.26. The molecule has 4 atom stereocenters. The van der Waals surface area contributed by atoms with E-state index in [4.69, 9.17) is 14.6 Å². The highest BCUT2D eigenvalue weighted by Crippen LogP contribution is 2.25. The van der Waals surface area contributed by atoms with Crippen molar-refractivity contribution in [1.29, 1.82) is 0 Å². The molecule has 0 amide bonds. The molecule has 0 radical (unpaired) electrons. The Morgan fingerprint density at radius 2 is 0.360 bits per heavy atom. The molecule has 0 aliphatic heterocycles. The van der Waals surface area contributed by atoms with Crippen LogP contribution < -0.4 is 0 Å². The summed E-state index contributed by atoms with van der Waals surface area (Å²) in [5, 5.41) is 8.44. The number of rotatable bonds is 30. The van der Waals surface area contributed by atoms with Crippen LogP contribution in [0.15, 0.2) is 0 Å². The molecule has 0 aromatic rings. The van der Waals surface area contributed by atoms with Crippen LogP contribution in [-0.4, -0.2) is 95.6 Å². The molecule has 0 saturated heterocycles. The minimum atomic E-state index is -0.722. The maximum atomic E-state index is 11.3. The first-order chi connectivity index (χ1) is 45.4. The van der Waals surface area contributed by atoms with Gasteiger partial charge < -0.3 is 19.3 Å². The topological polar surface area (TPSA) is 253 Å². The van der Waals surface area contributed by atoms with Crippen LogP contribution in [0.2, 0.25) is 0 Å². The van der Waals surface area contributed by atoms with Gasteiger partial charge in [-0.05, 0) is 201 Å². The van der Waals surface area contributed by atoms with Crippen LogP contribution in [-0.2, 0) is 71.7 Å². The molecule has 125 heavy (non-hydrogen) atoms. The number of hydrogen-bond donors (Lipinski definition) is 1. The summed E-state index contributed by atoms with van der Waals surface area (Å²) in [7, 11) is 1.42. The van der Waals surface area contributed by atoms with Crippen molar-refractivity contribution < 1.29 is 76.9 Å². The number of hydrogen-bond acceptors (Lipinski definition) is 15. The zero-order chi connectivity index (χ0) is 84.1. The molecule has 0 aromatic carbocycles. The predicted molar refractivity (Wildman–Crippen MR) is 589 cm³/mol. The summed E-state index contributed by atoms with van der Waals surface area (Å²) in [5.74, 6) is 2.34. The van der Waals surface area contributed by atoms with E-state index >= 15 is 0 Å². The van der Waals surface area contributed by atoms with Gasteiger partial charge in [-0.1, -0.05) is 371 Å². The van der Waals surface area contributed by atoms with Crippen molar-refractivity contribution >= 4 is 70.1 Å². The van der Waals surface area contributed by atoms with Gasteiger partial charge in [-0.2, -0.15) is 0 Å². The van der Waals surface area contributed by atoms with Crippen molar-refractivity contribution in [3.63, 3.8) is 0 Å². The lowest BCUT2D eigenvalue weighted by molar-refractivity contribution is -0.155. The van der Waals surface area contributed by atoms with Crippen LogP contribution in [0.4, 0.5) is 0 Å². The predicted octanol–water partition coefficient (Wildman–Crippen LogP) is 38.4. The van der Waals surface area contributed by atoms with Gasteiger partial charge in [0.2, 0.25) is 0 Å². The second-order valence-corrected chi connectivity index (χ2v) is 31.6. The number of carbonyl (C=O) groups is 12. The third-order valence-electron chi connectivity index (χ3n) is 20.0. The lowest BCUT2D eigenvalue weighted by atomic mass is 9.86. The number of ketones is 8. The molecule has 4 unspecified atom stereocenters. The average Bonchev–Trinajstić information content (AvgIpc) is 0.894. The molecule has 0 fully saturated rings. The Labute approximate surface area is 801 Å². The van der Waals surface area contributed by atoms with Crippen molar-refractivity contribution in [2.45, 2.75) is 572 Å². The van der Waals surface area contributed by atoms with Crippen LogP contribution in [0.1, 0.15) is 572 Å². The second-order valence-electron chi connectivity index (χ2n) is 31.6. The summed E-state index contributed by atoms with van der Waals surface area (Å²) in [5.41, 5.74) is -1.86. The minimum absolute atomic E-state index is 0. The third-order valence-corrected chi connectivity index (χ3v) is 20.0. The zero-order valence-corrected chi connectivity index (χ0v) is 74.6. The van der Waals surface area contributed by atoms with Crippen molar-refractivity contribution in [2.75, 3.05) is 20.3 Å². The van der Waals surface area contributed by atoms with E-state index in [0.717, 1.165) is 96.3 Å². The lowest BCUT2D eigenvalue weighted by Gasteiger charge is -2.20. The molecule has 0 aromatic heterocycles. The van der Waals surface area contributed by atoms with Gasteiger partial charge in [0.1, 0.15) is 46.3 Å². The van der Waals surface area contributed by atoms with Crippen molar-refractivity contribution in [2.24, 2.45) is 67.0 Å². The monoisotopic (exact) mass is 1830 g/mol. The number of unbranched alkanes of at least 4 members (excludes halogenated alkanes) is 2. The maximum absolute atomic E-state index is 11.3. The molecular formula is C109H266O16. The normalized spacial score (nSPS) is 9.69. The van der Waals surface area contributed by atoms with Crippen LogP contribution in [0.3, 0.4) is 0 Å². The average molecular weight is 1830 g/mol. The summed E-state index contributed by atoms with van der Waals surface area (Å²) in [6.07, 6.45) is 14.8. The summed E-state index contributed by atoms with van der Waals surface area (Å²) in [4.78, 5) is 128. The number of Topliss-reactive ketones (excluding diaryl/α,β-unsaturated/α-hetero) is 8. The first-order valence-corrected chi connectivity index (χ1v) is 38.1. The third kappa shape index (κ3) is 154. The minimum Gasteiger partial charge on any atom is -0.481 e. The number of esters is 3. The Bertz CT molecular complexity index is 1940. The van der Waals surface area contributed by atoms with E-state index in [1.54, 1.807) is 69.2 Å². The molecular weight excluding hydrogens is 1570 g/mol. The van der Waals surface area contributed by atoms with E-state index in [1.807, 2.05) is 208 Å². The number of carboxylic acids is 1. The Morgan fingerprint density at radius 1 is 0.232 bits per heavy atom. The van der Waals surface area contributed by atoms with Crippen molar-refractivity contribution in [3.05, 3.63) is 0 Å². The molecule has 1 N–H and O–H groups in total. The maximum Gasteiger partial charge on any atom is 0.311 e. The SMILES string of the molecule is C.C.C.C.C.C.C.C.C.C.C.C.C.C.C.C.C.C.C.C.C.C.C.C.CCC(C)(C)C(=O)O.CCC(C)(C)C(=O)OC.CCC(C)(C)C(C)=O.CCC(C)(C)C(C)=O.CCC(C)(C)C(C)=O.CCC(C)(C)C(C)=O.CCC(C)C(C)=O.CCC(C)C(C)=O.CCC(C)C(C)=O.CCC(C)C(C)=O.CCCCOC(=O)C(C)(C)CC.CCCCOC(=O)C(C)(C)CC. The van der Waals surface area contributed by atoms with Gasteiger partial charge in [-0.15, -0.1) is 0 Å². The zero-order valence-electron chi connectivity index (χ0n) is 74.6. The Kier molecular flexibility index (Phi) is 255. The first kappa shape index (κ1) is 241. The van der Waals surface area contributed by atoms with Gasteiger partial charge in [-0.3, -0.25) is 57.5 Å². The van der Waals surface area contributed by atoms with Crippen LogP contribution in [0.25, 0.3) is 0 Å². The molecule has 0 saturated carbocycles. The molecule has 0 aliphatic rings. The highest BCUT2D eigenvalue weighted by Gasteiger charge is 2.29. The van der Waals surface area contributed by atoms with E-state index in [2.05, 4.69) is 18.6 Å². The molecule has 0 rings (SSSR count). The quantitative estimate of drug-likeness (QED) is 0.0398. The molecule has 0 bridgehead atoms. The van der Waals surface area contributed by atoms with E-state index in [1.165, 1.54) is 7.11 Å². The number of carbonyl (C=O) groups excluding carboxylic acids is 11. The highest BCUT2D eigenvalue weighted by atomic mass is 16.5. The first-order valence-electron chi connectivity index (χ1n) is 38.1. The van der Waals surface area contributed by atoms with E-state index < -0.39 is 11.4 Å². The van der Waals surface area contributed by atoms with E-state index in [9.17, 15) is 57.5 Å². The van der Waals surface area contributed by atoms with Crippen molar-refractivity contribution in [3.8, 4) is 0 Å². The highest BCUT2D eigenvalue weighted by molar-refractivity contribution is 5.83. The Hall–Kier alpha value is -4.76. The number of methoxy groups -OCH3 is 1. The summed E-state index contributed by atoms with van der Waals surface area (Å²) in [6, 6.07) is 0. The number of carboxylic acid groups (broad SMARTS) is 1. The van der Waals surface area contributed by atoms with Gasteiger partial charge in [-0.25, -0.2) is 0 Å². The van der Waals surface area contributed by atoms with Gasteiger partial charge in [0, 0.05) is 45.3 Å². The summed E-state index contributed by atoms with van der Waals surface area (Å²) in [6.45, 7) is 80.8. The molecule has 0 aliphatic carbocycles. The second kappa shape index (κ2) is 132. The van der Waals surface area contributed by atoms with Crippen LogP contribution in [0.5, 0.6) is 0 Å².